The lowest BCUT2D eigenvalue weighted by Gasteiger charge is -2.36. The van der Waals surface area contributed by atoms with E-state index in [2.05, 4.69) is 43.9 Å². The fourth-order valence-corrected chi connectivity index (χ4v) is 4.91. The van der Waals surface area contributed by atoms with Crippen molar-refractivity contribution in [3.8, 4) is 17.0 Å². The van der Waals surface area contributed by atoms with Crippen molar-refractivity contribution in [3.63, 3.8) is 0 Å². The molecule has 0 atom stereocenters. The number of hydrogen-bond acceptors (Lipinski definition) is 7. The van der Waals surface area contributed by atoms with Gasteiger partial charge in [0.2, 0.25) is 0 Å². The van der Waals surface area contributed by atoms with Crippen LogP contribution in [0, 0.1) is 5.82 Å². The number of alkyl halides is 3. The van der Waals surface area contributed by atoms with Crippen molar-refractivity contribution in [3.05, 3.63) is 52.2 Å². The Morgan fingerprint density at radius 2 is 2.00 bits per heavy atom. The van der Waals surface area contributed by atoms with Crippen LogP contribution in [0.4, 0.5) is 28.5 Å². The summed E-state index contributed by atoms with van der Waals surface area (Å²) >= 11 is 7.42. The third-order valence-electron chi connectivity index (χ3n) is 5.77. The topological polar surface area (TPSA) is 70.6 Å². The third-order valence-corrected chi connectivity index (χ3v) is 6.80. The van der Waals surface area contributed by atoms with Crippen LogP contribution in [0.25, 0.3) is 11.3 Å². The minimum atomic E-state index is -5.03. The molecule has 13 heteroatoms. The molecule has 3 aromatic rings. The Morgan fingerprint density at radius 3 is 2.64 bits per heavy atom. The van der Waals surface area contributed by atoms with E-state index >= 15 is 0 Å². The lowest BCUT2D eigenvalue weighted by Crippen LogP contribution is -2.42. The molecule has 0 saturated carbocycles. The van der Waals surface area contributed by atoms with Crippen LogP contribution in [0.3, 0.4) is 0 Å². The number of aromatic nitrogens is 2. The van der Waals surface area contributed by atoms with Crippen molar-refractivity contribution in [2.45, 2.75) is 25.2 Å². The molecule has 1 fully saturated rings. The van der Waals surface area contributed by atoms with Gasteiger partial charge >= 0.3 is 6.36 Å². The minimum Gasteiger partial charge on any atom is -0.403 e. The molecular formula is C23H22ClF4N5O2S. The Morgan fingerprint density at radius 1 is 1.28 bits per heavy atom. The van der Waals surface area contributed by atoms with Crippen molar-refractivity contribution >= 4 is 39.8 Å². The van der Waals surface area contributed by atoms with Crippen LogP contribution in [0.2, 0.25) is 5.02 Å². The molecular weight excluding hydrogens is 522 g/mol. The van der Waals surface area contributed by atoms with Crippen molar-refractivity contribution in [1.82, 2.24) is 14.9 Å². The van der Waals surface area contributed by atoms with Gasteiger partial charge in [0.1, 0.15) is 5.82 Å². The summed E-state index contributed by atoms with van der Waals surface area (Å²) < 4.78 is 55.8. The van der Waals surface area contributed by atoms with E-state index in [0.29, 0.717) is 16.9 Å². The number of halogens is 5. The van der Waals surface area contributed by atoms with E-state index in [1.165, 1.54) is 29.8 Å². The summed E-state index contributed by atoms with van der Waals surface area (Å²) in [5.74, 6) is -2.10. The zero-order valence-corrected chi connectivity index (χ0v) is 20.8. The molecule has 36 heavy (non-hydrogen) atoms. The number of pyridine rings is 1. The number of rotatable bonds is 6. The van der Waals surface area contributed by atoms with Crippen LogP contribution < -0.4 is 15.0 Å². The Labute approximate surface area is 213 Å². The quantitative estimate of drug-likeness (QED) is 0.403. The molecule has 1 aromatic carbocycles. The zero-order chi connectivity index (χ0) is 26.0. The molecule has 0 spiro atoms. The monoisotopic (exact) mass is 543 g/mol. The number of carbonyl (C=O) groups excluding carboxylic acids is 1. The molecule has 0 radical (unpaired) electrons. The van der Waals surface area contributed by atoms with E-state index in [4.69, 9.17) is 11.6 Å². The van der Waals surface area contributed by atoms with Crippen molar-refractivity contribution in [2.75, 3.05) is 37.4 Å². The smallest absolute Gasteiger partial charge is 0.403 e. The summed E-state index contributed by atoms with van der Waals surface area (Å²) in [6, 6.07) is 5.37. The maximum atomic E-state index is 14.5. The van der Waals surface area contributed by atoms with E-state index < -0.39 is 23.8 Å². The van der Waals surface area contributed by atoms with Gasteiger partial charge in [0.05, 0.1) is 16.3 Å². The number of amides is 1. The fourth-order valence-electron chi connectivity index (χ4n) is 3.92. The summed E-state index contributed by atoms with van der Waals surface area (Å²) in [7, 11) is 4.11. The van der Waals surface area contributed by atoms with Gasteiger partial charge in [-0.3, -0.25) is 10.1 Å². The third kappa shape index (κ3) is 6.05. The Hall–Kier alpha value is -2.96. The molecule has 0 unspecified atom stereocenters. The Bertz CT molecular complexity index is 1250. The molecule has 1 saturated heterocycles. The first-order chi connectivity index (χ1) is 17.0. The minimum absolute atomic E-state index is 0.0491. The number of benzene rings is 1. The molecule has 1 N–H and O–H groups in total. The number of ether oxygens (including phenoxy) is 1. The summed E-state index contributed by atoms with van der Waals surface area (Å²) in [6.45, 7) is 1.60. The molecule has 7 nitrogen and oxygen atoms in total. The van der Waals surface area contributed by atoms with Gasteiger partial charge in [-0.25, -0.2) is 14.4 Å². The van der Waals surface area contributed by atoms with E-state index in [1.54, 1.807) is 0 Å². The molecule has 4 rings (SSSR count). The summed E-state index contributed by atoms with van der Waals surface area (Å²) in [5, 5.41) is 4.47. The SMILES string of the molecule is CN(C)C1CCN(c2ncc(C(=O)Nc3nc(-c4cccc(OC(F)(F)F)c4F)cs3)cc2Cl)CC1. The number of nitrogens with one attached hydrogen (secondary N) is 1. The van der Waals surface area contributed by atoms with Gasteiger partial charge in [-0.2, -0.15) is 0 Å². The summed E-state index contributed by atoms with van der Waals surface area (Å²) in [4.78, 5) is 25.5. The van der Waals surface area contributed by atoms with Gasteiger partial charge in [0, 0.05) is 36.3 Å². The largest absolute Gasteiger partial charge is 0.573 e. The van der Waals surface area contributed by atoms with Crippen LogP contribution in [0.5, 0.6) is 5.75 Å². The number of piperidine rings is 1. The highest BCUT2D eigenvalue weighted by Gasteiger charge is 2.33. The second-order valence-electron chi connectivity index (χ2n) is 8.37. The molecule has 1 aliphatic heterocycles. The molecule has 1 aliphatic rings. The van der Waals surface area contributed by atoms with E-state index in [-0.39, 0.29) is 22.0 Å². The number of nitrogens with zero attached hydrogens (tertiary/aromatic N) is 4. The second kappa shape index (κ2) is 10.6. The second-order valence-corrected chi connectivity index (χ2v) is 9.63. The van der Waals surface area contributed by atoms with Gasteiger partial charge in [-0.05, 0) is 45.1 Å². The Balaban J connectivity index is 1.44. The van der Waals surface area contributed by atoms with Gasteiger partial charge in [0.25, 0.3) is 5.91 Å². The highest BCUT2D eigenvalue weighted by Crippen LogP contribution is 2.34. The molecule has 2 aromatic heterocycles. The highest BCUT2D eigenvalue weighted by atomic mass is 35.5. The van der Waals surface area contributed by atoms with Crippen molar-refractivity contribution < 1.29 is 27.1 Å². The van der Waals surface area contributed by atoms with Crippen molar-refractivity contribution in [2.24, 2.45) is 0 Å². The van der Waals surface area contributed by atoms with Crippen LogP contribution >= 0.6 is 22.9 Å². The van der Waals surface area contributed by atoms with E-state index in [0.717, 1.165) is 43.3 Å². The maximum Gasteiger partial charge on any atom is 0.573 e. The average Bonchev–Trinajstić information content (AvgIpc) is 3.27. The lowest BCUT2D eigenvalue weighted by atomic mass is 10.0. The zero-order valence-electron chi connectivity index (χ0n) is 19.3. The van der Waals surface area contributed by atoms with Gasteiger partial charge in [0.15, 0.2) is 16.7 Å². The van der Waals surface area contributed by atoms with Crippen LogP contribution in [-0.2, 0) is 0 Å². The lowest BCUT2D eigenvalue weighted by molar-refractivity contribution is -0.275. The van der Waals surface area contributed by atoms with Crippen LogP contribution in [0.1, 0.15) is 23.2 Å². The predicted molar refractivity (Wildman–Crippen MR) is 130 cm³/mol. The van der Waals surface area contributed by atoms with Gasteiger partial charge in [-0.15, -0.1) is 24.5 Å². The number of hydrogen-bond donors (Lipinski definition) is 1. The summed E-state index contributed by atoms with van der Waals surface area (Å²) in [6.07, 6.45) is -1.66. The van der Waals surface area contributed by atoms with E-state index in [9.17, 15) is 22.4 Å². The fraction of sp³-hybridized carbons (Fsp3) is 0.348. The summed E-state index contributed by atoms with van der Waals surface area (Å²) in [5.41, 5.74) is 0.0593. The predicted octanol–water partition coefficient (Wildman–Crippen LogP) is 5.68. The normalized spacial score (nSPS) is 14.8. The molecule has 0 aliphatic carbocycles. The Kier molecular flexibility index (Phi) is 7.67. The van der Waals surface area contributed by atoms with Crippen LogP contribution in [0.15, 0.2) is 35.8 Å². The average molecular weight is 544 g/mol. The van der Waals surface area contributed by atoms with Crippen molar-refractivity contribution in [1.29, 1.82) is 0 Å². The first-order valence-corrected chi connectivity index (χ1v) is 12.2. The highest BCUT2D eigenvalue weighted by molar-refractivity contribution is 7.14. The molecule has 192 valence electrons. The first-order valence-electron chi connectivity index (χ1n) is 10.9. The van der Waals surface area contributed by atoms with Crippen LogP contribution in [-0.4, -0.2) is 60.4 Å². The molecule has 0 bridgehead atoms. The van der Waals surface area contributed by atoms with Gasteiger partial charge in [-0.1, -0.05) is 17.7 Å². The van der Waals surface area contributed by atoms with Gasteiger partial charge < -0.3 is 14.5 Å². The number of thiazole rings is 1. The first kappa shape index (κ1) is 26.1. The molecule has 3 heterocycles. The maximum absolute atomic E-state index is 14.5. The number of anilines is 2. The standard InChI is InChI=1S/C23H22ClF4N5O2S/c1-32(2)14-6-8-33(9-7-14)20-16(24)10-13(11-29-20)21(34)31-22-30-17(12-36-22)15-4-3-5-18(19(15)25)35-23(26,27)28/h3-5,10-12,14H,6-9H2,1-2H3,(H,30,31,34). The number of carbonyl (C=O) groups is 1. The molecule has 1 amide bonds. The van der Waals surface area contributed by atoms with E-state index in [1.807, 2.05) is 0 Å².